The zero-order valence-corrected chi connectivity index (χ0v) is 15.0. The first-order valence-corrected chi connectivity index (χ1v) is 8.48. The van der Waals surface area contributed by atoms with E-state index in [0.29, 0.717) is 13.0 Å². The van der Waals surface area contributed by atoms with E-state index >= 15 is 0 Å². The fourth-order valence-electron chi connectivity index (χ4n) is 3.09. The van der Waals surface area contributed by atoms with Crippen molar-refractivity contribution < 1.29 is 27.4 Å². The molecule has 0 spiro atoms. The minimum Gasteiger partial charge on any atom is -0.481 e. The Kier molecular flexibility index (Phi) is 5.45. The third kappa shape index (κ3) is 3.95. The van der Waals surface area contributed by atoms with Crippen molar-refractivity contribution >= 4 is 5.69 Å². The Morgan fingerprint density at radius 3 is 2.59 bits per heavy atom. The van der Waals surface area contributed by atoms with Crippen LogP contribution in [0.5, 0.6) is 11.8 Å². The number of pyridine rings is 1. The molecule has 0 bridgehead atoms. The molecule has 2 N–H and O–H groups in total. The van der Waals surface area contributed by atoms with Crippen molar-refractivity contribution in [3.63, 3.8) is 0 Å². The predicted octanol–water partition coefficient (Wildman–Crippen LogP) is 3.19. The number of anilines is 1. The molecule has 1 atom stereocenters. The van der Waals surface area contributed by atoms with Crippen molar-refractivity contribution in [1.29, 1.82) is 0 Å². The van der Waals surface area contributed by atoms with Gasteiger partial charge in [0.25, 0.3) is 0 Å². The highest BCUT2D eigenvalue weighted by atomic mass is 19.4. The van der Waals surface area contributed by atoms with E-state index in [1.165, 1.54) is 25.0 Å². The second-order valence-electron chi connectivity index (χ2n) is 6.16. The molecule has 2 aromatic rings. The zero-order chi connectivity index (χ0) is 19.6. The highest BCUT2D eigenvalue weighted by molar-refractivity contribution is 5.48. The van der Waals surface area contributed by atoms with Crippen LogP contribution in [-0.4, -0.2) is 35.6 Å². The molecule has 1 fully saturated rings. The molecular weight excluding hydrogens is 365 g/mol. The first kappa shape index (κ1) is 19.3. The molecule has 3 heterocycles. The zero-order valence-electron chi connectivity index (χ0n) is 15.0. The van der Waals surface area contributed by atoms with Gasteiger partial charge in [0.2, 0.25) is 11.8 Å². The fourth-order valence-corrected chi connectivity index (χ4v) is 3.09. The van der Waals surface area contributed by atoms with Crippen LogP contribution in [-0.2, 0) is 17.3 Å². The second-order valence-corrected chi connectivity index (χ2v) is 6.16. The van der Waals surface area contributed by atoms with E-state index in [2.05, 4.69) is 10.1 Å². The number of nitrogens with zero attached hydrogens (tertiary/aromatic N) is 3. The molecule has 148 valence electrons. The van der Waals surface area contributed by atoms with Crippen LogP contribution in [0.25, 0.3) is 0 Å². The van der Waals surface area contributed by atoms with E-state index in [1.54, 1.807) is 6.07 Å². The Hall–Kier alpha value is -2.49. The minimum atomic E-state index is -4.65. The summed E-state index contributed by atoms with van der Waals surface area (Å²) < 4.78 is 58.2. The topological polar surface area (TPSA) is 84.4 Å². The van der Waals surface area contributed by atoms with Crippen molar-refractivity contribution in [2.45, 2.75) is 38.1 Å². The lowest BCUT2D eigenvalue weighted by atomic mass is 10.1. The van der Waals surface area contributed by atoms with Crippen LogP contribution in [0, 0.1) is 0 Å². The quantitative estimate of drug-likeness (QED) is 0.850. The van der Waals surface area contributed by atoms with E-state index in [1.807, 2.05) is 0 Å². The van der Waals surface area contributed by atoms with Gasteiger partial charge in [-0.2, -0.15) is 18.3 Å². The van der Waals surface area contributed by atoms with Crippen LogP contribution in [0.4, 0.5) is 18.9 Å². The second kappa shape index (κ2) is 7.63. The average Bonchev–Trinajstić information content (AvgIpc) is 3.03. The number of nitrogens with two attached hydrogens (primary N) is 1. The molecule has 2 aromatic heterocycles. The van der Waals surface area contributed by atoms with Crippen molar-refractivity contribution in [3.05, 3.63) is 29.1 Å². The lowest BCUT2D eigenvalue weighted by Gasteiger charge is -2.24. The van der Waals surface area contributed by atoms with Gasteiger partial charge in [-0.25, -0.2) is 9.67 Å². The van der Waals surface area contributed by atoms with E-state index in [-0.39, 0.29) is 35.3 Å². The van der Waals surface area contributed by atoms with Gasteiger partial charge in [-0.05, 0) is 25.3 Å². The van der Waals surface area contributed by atoms with Crippen LogP contribution in [0.2, 0.25) is 0 Å². The summed E-state index contributed by atoms with van der Waals surface area (Å²) in [6.07, 6.45) is -3.19. The first-order valence-electron chi connectivity index (χ1n) is 8.48. The number of alkyl halides is 3. The summed E-state index contributed by atoms with van der Waals surface area (Å²) in [5, 5.41) is 4.17. The van der Waals surface area contributed by atoms with Crippen LogP contribution >= 0.6 is 0 Å². The number of hydrogen-bond acceptors (Lipinski definition) is 6. The molecule has 7 nitrogen and oxygen atoms in total. The molecule has 0 aliphatic carbocycles. The van der Waals surface area contributed by atoms with E-state index < -0.39 is 18.0 Å². The molecule has 0 radical (unpaired) electrons. The van der Waals surface area contributed by atoms with E-state index in [9.17, 15) is 13.2 Å². The molecule has 0 amide bonds. The van der Waals surface area contributed by atoms with Crippen LogP contribution in [0.15, 0.2) is 12.1 Å². The van der Waals surface area contributed by atoms with E-state index in [4.69, 9.17) is 19.9 Å². The maximum atomic E-state index is 13.8. The molecule has 3 rings (SSSR count). The fraction of sp³-hybridized carbons (Fsp3) is 0.529. The molecule has 10 heteroatoms. The number of rotatable bonds is 5. The van der Waals surface area contributed by atoms with Gasteiger partial charge in [-0.1, -0.05) is 0 Å². The normalized spacial score (nSPS) is 17.7. The lowest BCUT2D eigenvalue weighted by molar-refractivity contribution is -0.139. The summed E-state index contributed by atoms with van der Waals surface area (Å²) in [4.78, 5) is 4.15. The van der Waals surface area contributed by atoms with Gasteiger partial charge in [0.15, 0.2) is 6.23 Å². The Labute approximate surface area is 154 Å². The Balaban J connectivity index is 2.07. The monoisotopic (exact) mass is 386 g/mol. The number of halogens is 3. The summed E-state index contributed by atoms with van der Waals surface area (Å²) >= 11 is 0. The number of hydrogen-bond donors (Lipinski definition) is 1. The Morgan fingerprint density at radius 2 is 2.00 bits per heavy atom. The van der Waals surface area contributed by atoms with Gasteiger partial charge in [0.1, 0.15) is 5.56 Å². The SMILES string of the molecule is COc1ccc(N)c(Cc2nn(C3CCCCO3)c(OC)c2C(F)(F)F)n1. The predicted molar refractivity (Wildman–Crippen MR) is 90.6 cm³/mol. The summed E-state index contributed by atoms with van der Waals surface area (Å²) in [5.41, 5.74) is 5.22. The van der Waals surface area contributed by atoms with Gasteiger partial charge in [-0.3, -0.25) is 0 Å². The average molecular weight is 386 g/mol. The van der Waals surface area contributed by atoms with Crippen molar-refractivity contribution in [2.75, 3.05) is 26.6 Å². The molecule has 27 heavy (non-hydrogen) atoms. The molecule has 0 saturated carbocycles. The summed E-state index contributed by atoms with van der Waals surface area (Å²) in [7, 11) is 2.61. The molecule has 1 aliphatic heterocycles. The maximum absolute atomic E-state index is 13.8. The standard InChI is InChI=1S/C17H21F3N4O3/c1-25-13-7-6-10(21)11(22-13)9-12-15(17(18,19)20)16(26-2)24(23-12)14-5-3-4-8-27-14/h6-7,14H,3-5,8-9,21H2,1-2H3. The smallest absolute Gasteiger partial charge is 0.423 e. The molecular formula is C17H21F3N4O3. The van der Waals surface area contributed by atoms with Gasteiger partial charge < -0.3 is 19.9 Å². The van der Waals surface area contributed by atoms with Crippen molar-refractivity contribution in [1.82, 2.24) is 14.8 Å². The van der Waals surface area contributed by atoms with Gasteiger partial charge in [-0.15, -0.1) is 0 Å². The summed E-state index contributed by atoms with van der Waals surface area (Å²) in [6, 6.07) is 3.07. The number of nitrogen functional groups attached to an aromatic ring is 1. The van der Waals surface area contributed by atoms with Crippen molar-refractivity contribution in [2.24, 2.45) is 0 Å². The Morgan fingerprint density at radius 1 is 1.22 bits per heavy atom. The third-order valence-electron chi connectivity index (χ3n) is 4.37. The highest BCUT2D eigenvalue weighted by Crippen LogP contribution is 2.42. The van der Waals surface area contributed by atoms with Crippen molar-refractivity contribution in [3.8, 4) is 11.8 Å². The largest absolute Gasteiger partial charge is 0.481 e. The Bertz CT molecular complexity index is 801. The third-order valence-corrected chi connectivity index (χ3v) is 4.37. The molecule has 0 aromatic carbocycles. The van der Waals surface area contributed by atoms with Crippen LogP contribution < -0.4 is 15.2 Å². The summed E-state index contributed by atoms with van der Waals surface area (Å²) in [6.45, 7) is 0.467. The lowest BCUT2D eigenvalue weighted by Crippen LogP contribution is -2.20. The van der Waals surface area contributed by atoms with Crippen LogP contribution in [0.1, 0.15) is 42.4 Å². The van der Waals surface area contributed by atoms with Crippen LogP contribution in [0.3, 0.4) is 0 Å². The first-order chi connectivity index (χ1) is 12.8. The van der Waals surface area contributed by atoms with Gasteiger partial charge >= 0.3 is 6.18 Å². The minimum absolute atomic E-state index is 0.214. The number of ether oxygens (including phenoxy) is 3. The highest BCUT2D eigenvalue weighted by Gasteiger charge is 2.42. The molecule has 1 aliphatic rings. The molecule has 1 unspecified atom stereocenters. The van der Waals surface area contributed by atoms with E-state index in [0.717, 1.165) is 12.8 Å². The van der Waals surface area contributed by atoms with Gasteiger partial charge in [0, 0.05) is 19.1 Å². The summed E-state index contributed by atoms with van der Waals surface area (Å²) in [5.74, 6) is -0.111. The molecule has 1 saturated heterocycles. The number of methoxy groups -OCH3 is 2. The number of aromatic nitrogens is 3. The van der Waals surface area contributed by atoms with Gasteiger partial charge in [0.05, 0.1) is 31.3 Å². The maximum Gasteiger partial charge on any atom is 0.423 e.